The largest absolute Gasteiger partial charge is 0.389 e. The zero-order valence-electron chi connectivity index (χ0n) is 11.6. The van der Waals surface area contributed by atoms with Gasteiger partial charge in [-0.2, -0.15) is 0 Å². The molecule has 0 heterocycles. The molecule has 106 valence electrons. The normalized spacial score (nSPS) is 19.2. The Kier molecular flexibility index (Phi) is 7.28. The lowest BCUT2D eigenvalue weighted by Gasteiger charge is -2.26. The molecule has 0 aromatic heterocycles. The van der Waals surface area contributed by atoms with Gasteiger partial charge in [0.05, 0.1) is 5.60 Å². The van der Waals surface area contributed by atoms with Crippen molar-refractivity contribution in [3.63, 3.8) is 0 Å². The van der Waals surface area contributed by atoms with Gasteiger partial charge in [-0.05, 0) is 19.3 Å². The maximum Gasteiger partial charge on any atom is 0.221 e. The van der Waals surface area contributed by atoms with Crippen molar-refractivity contribution in [2.75, 3.05) is 19.6 Å². The Morgan fingerprint density at radius 1 is 1.17 bits per heavy atom. The molecule has 4 heteroatoms. The first kappa shape index (κ1) is 15.4. The summed E-state index contributed by atoms with van der Waals surface area (Å²) in [5, 5.41) is 16.5. The Labute approximate surface area is 111 Å². The minimum atomic E-state index is -0.545. The van der Waals surface area contributed by atoms with Gasteiger partial charge in [0.25, 0.3) is 0 Å². The molecule has 0 spiro atoms. The van der Waals surface area contributed by atoms with Crippen molar-refractivity contribution >= 4 is 5.91 Å². The van der Waals surface area contributed by atoms with E-state index in [0.29, 0.717) is 19.5 Å². The van der Waals surface area contributed by atoms with Crippen LogP contribution in [0.15, 0.2) is 0 Å². The predicted octanol–water partition coefficient (Wildman–Crippen LogP) is 1.58. The Hall–Kier alpha value is -0.610. The summed E-state index contributed by atoms with van der Waals surface area (Å²) < 4.78 is 0. The van der Waals surface area contributed by atoms with E-state index in [1.165, 1.54) is 12.8 Å². The van der Waals surface area contributed by atoms with Crippen LogP contribution in [0.5, 0.6) is 0 Å². The second-order valence-corrected chi connectivity index (χ2v) is 5.42. The van der Waals surface area contributed by atoms with Crippen LogP contribution in [-0.2, 0) is 4.79 Å². The SMILES string of the molecule is CCCNC(=O)CCNCC1(O)CCCCCC1. The molecule has 18 heavy (non-hydrogen) atoms. The van der Waals surface area contributed by atoms with Crippen molar-refractivity contribution in [3.05, 3.63) is 0 Å². The van der Waals surface area contributed by atoms with E-state index in [-0.39, 0.29) is 5.91 Å². The summed E-state index contributed by atoms with van der Waals surface area (Å²) >= 11 is 0. The first-order valence-corrected chi connectivity index (χ1v) is 7.36. The van der Waals surface area contributed by atoms with E-state index in [1.54, 1.807) is 0 Å². The molecule has 1 saturated carbocycles. The molecule has 0 aliphatic heterocycles. The number of rotatable bonds is 7. The third-order valence-corrected chi connectivity index (χ3v) is 3.59. The molecule has 1 aliphatic carbocycles. The van der Waals surface area contributed by atoms with Gasteiger partial charge < -0.3 is 15.7 Å². The smallest absolute Gasteiger partial charge is 0.221 e. The fourth-order valence-electron chi connectivity index (χ4n) is 2.44. The van der Waals surface area contributed by atoms with Crippen LogP contribution >= 0.6 is 0 Å². The van der Waals surface area contributed by atoms with Crippen LogP contribution in [-0.4, -0.2) is 36.2 Å². The predicted molar refractivity (Wildman–Crippen MR) is 73.4 cm³/mol. The average molecular weight is 256 g/mol. The van der Waals surface area contributed by atoms with Crippen LogP contribution in [0.2, 0.25) is 0 Å². The van der Waals surface area contributed by atoms with E-state index in [0.717, 1.165) is 38.6 Å². The molecule has 0 bridgehead atoms. The van der Waals surface area contributed by atoms with Crippen LogP contribution < -0.4 is 10.6 Å². The Morgan fingerprint density at radius 3 is 2.44 bits per heavy atom. The molecule has 0 saturated heterocycles. The van der Waals surface area contributed by atoms with E-state index >= 15 is 0 Å². The summed E-state index contributed by atoms with van der Waals surface area (Å²) in [5.74, 6) is 0.0946. The van der Waals surface area contributed by atoms with Crippen molar-refractivity contribution < 1.29 is 9.90 Å². The second kappa shape index (κ2) is 8.48. The van der Waals surface area contributed by atoms with Crippen LogP contribution in [0, 0.1) is 0 Å². The van der Waals surface area contributed by atoms with Crippen molar-refractivity contribution in [1.82, 2.24) is 10.6 Å². The minimum Gasteiger partial charge on any atom is -0.389 e. The van der Waals surface area contributed by atoms with Crippen molar-refractivity contribution in [1.29, 1.82) is 0 Å². The molecule has 1 fully saturated rings. The molecule has 0 atom stereocenters. The highest BCUT2D eigenvalue weighted by Gasteiger charge is 2.27. The van der Waals surface area contributed by atoms with Gasteiger partial charge in [-0.15, -0.1) is 0 Å². The van der Waals surface area contributed by atoms with Crippen molar-refractivity contribution in [3.8, 4) is 0 Å². The van der Waals surface area contributed by atoms with Gasteiger partial charge in [0.15, 0.2) is 0 Å². The summed E-state index contributed by atoms with van der Waals surface area (Å²) in [7, 11) is 0. The van der Waals surface area contributed by atoms with Gasteiger partial charge in [-0.3, -0.25) is 4.79 Å². The fraction of sp³-hybridized carbons (Fsp3) is 0.929. The van der Waals surface area contributed by atoms with Crippen molar-refractivity contribution in [2.45, 2.75) is 63.9 Å². The van der Waals surface area contributed by atoms with Gasteiger partial charge in [-0.1, -0.05) is 32.6 Å². The van der Waals surface area contributed by atoms with Crippen LogP contribution in [0.25, 0.3) is 0 Å². The molecular formula is C14H28N2O2. The summed E-state index contributed by atoms with van der Waals surface area (Å²) in [6.45, 7) is 4.06. The standard InChI is InChI=1S/C14H28N2O2/c1-2-10-16-13(17)7-11-15-12-14(18)8-5-3-4-6-9-14/h15,18H,2-12H2,1H3,(H,16,17). The van der Waals surface area contributed by atoms with E-state index in [9.17, 15) is 9.90 Å². The van der Waals surface area contributed by atoms with Crippen LogP contribution in [0.4, 0.5) is 0 Å². The third-order valence-electron chi connectivity index (χ3n) is 3.59. The molecule has 0 aromatic rings. The van der Waals surface area contributed by atoms with E-state index < -0.39 is 5.60 Å². The first-order chi connectivity index (χ1) is 8.66. The highest BCUT2D eigenvalue weighted by atomic mass is 16.3. The zero-order chi connectivity index (χ0) is 13.3. The maximum absolute atomic E-state index is 11.4. The summed E-state index contributed by atoms with van der Waals surface area (Å²) in [6.07, 6.45) is 7.97. The van der Waals surface area contributed by atoms with Crippen molar-refractivity contribution in [2.24, 2.45) is 0 Å². The van der Waals surface area contributed by atoms with Gasteiger partial charge in [0.1, 0.15) is 0 Å². The lowest BCUT2D eigenvalue weighted by molar-refractivity contribution is -0.121. The van der Waals surface area contributed by atoms with Gasteiger partial charge in [0.2, 0.25) is 5.91 Å². The molecular weight excluding hydrogens is 228 g/mol. The number of aliphatic hydroxyl groups is 1. The van der Waals surface area contributed by atoms with Crippen LogP contribution in [0.3, 0.4) is 0 Å². The number of nitrogens with one attached hydrogen (secondary N) is 2. The average Bonchev–Trinajstić information content (AvgIpc) is 2.57. The monoisotopic (exact) mass is 256 g/mol. The first-order valence-electron chi connectivity index (χ1n) is 7.36. The Bertz CT molecular complexity index is 236. The molecule has 1 rings (SSSR count). The number of hydrogen-bond acceptors (Lipinski definition) is 3. The van der Waals surface area contributed by atoms with Gasteiger partial charge >= 0.3 is 0 Å². The fourth-order valence-corrected chi connectivity index (χ4v) is 2.44. The molecule has 0 radical (unpaired) electrons. The molecule has 0 unspecified atom stereocenters. The van der Waals surface area contributed by atoms with Gasteiger partial charge in [0, 0.05) is 26.1 Å². The van der Waals surface area contributed by atoms with Gasteiger partial charge in [-0.25, -0.2) is 0 Å². The molecule has 3 N–H and O–H groups in total. The maximum atomic E-state index is 11.4. The summed E-state index contributed by atoms with van der Waals surface area (Å²) in [6, 6.07) is 0. The lowest BCUT2D eigenvalue weighted by atomic mass is 9.94. The minimum absolute atomic E-state index is 0.0946. The Balaban J connectivity index is 2.10. The molecule has 4 nitrogen and oxygen atoms in total. The lowest BCUT2D eigenvalue weighted by Crippen LogP contribution is -2.41. The summed E-state index contributed by atoms with van der Waals surface area (Å²) in [5.41, 5.74) is -0.545. The third kappa shape index (κ3) is 6.36. The van der Waals surface area contributed by atoms with Crippen LogP contribution in [0.1, 0.15) is 58.3 Å². The Morgan fingerprint density at radius 2 is 1.83 bits per heavy atom. The molecule has 1 amide bonds. The number of carbonyl (C=O) groups excluding carboxylic acids is 1. The number of amides is 1. The molecule has 1 aliphatic rings. The number of carbonyl (C=O) groups is 1. The highest BCUT2D eigenvalue weighted by Crippen LogP contribution is 2.26. The van der Waals surface area contributed by atoms with E-state index in [2.05, 4.69) is 10.6 Å². The van der Waals surface area contributed by atoms with E-state index in [1.807, 2.05) is 6.92 Å². The topological polar surface area (TPSA) is 61.4 Å². The zero-order valence-corrected chi connectivity index (χ0v) is 11.6. The number of hydrogen-bond donors (Lipinski definition) is 3. The molecule has 0 aromatic carbocycles. The summed E-state index contributed by atoms with van der Waals surface area (Å²) in [4.78, 5) is 11.4. The quantitative estimate of drug-likeness (QED) is 0.479. The van der Waals surface area contributed by atoms with E-state index in [4.69, 9.17) is 0 Å². The highest BCUT2D eigenvalue weighted by molar-refractivity contribution is 5.75. The second-order valence-electron chi connectivity index (χ2n) is 5.42.